The first-order valence-electron chi connectivity index (χ1n) is 6.35. The molecule has 0 amide bonds. The van der Waals surface area contributed by atoms with Crippen LogP contribution in [0.15, 0.2) is 42.9 Å². The Labute approximate surface area is 111 Å². The maximum Gasteiger partial charge on any atom is 0.183 e. The minimum Gasteiger partial charge on any atom is -0.493 e. The quantitative estimate of drug-likeness (QED) is 0.790. The van der Waals surface area contributed by atoms with E-state index in [1.54, 1.807) is 12.4 Å². The number of aromatic nitrogens is 2. The molecule has 2 aromatic rings. The third kappa shape index (κ3) is 2.47. The van der Waals surface area contributed by atoms with Crippen LogP contribution in [0.25, 0.3) is 0 Å². The summed E-state index contributed by atoms with van der Waals surface area (Å²) >= 11 is 0. The van der Waals surface area contributed by atoms with E-state index in [9.17, 15) is 4.79 Å². The molecular weight excluding hydrogens is 240 g/mol. The molecule has 3 rings (SSSR count). The number of carbonyl (C=O) groups excluding carboxylic acids is 1. The standard InChI is InChI=1S/C15H14N2O2/c18-14(13-10-16-6-7-17-13)9-11-5-8-19-15-4-2-1-3-12(11)15/h1-4,6-7,10-11H,5,8-9H2. The monoisotopic (exact) mass is 254 g/mol. The third-order valence-corrected chi connectivity index (χ3v) is 3.36. The van der Waals surface area contributed by atoms with Crippen LogP contribution in [0.5, 0.6) is 5.75 Å². The summed E-state index contributed by atoms with van der Waals surface area (Å²) in [6, 6.07) is 7.91. The van der Waals surface area contributed by atoms with E-state index >= 15 is 0 Å². The Kier molecular flexibility index (Phi) is 3.23. The normalized spacial score (nSPS) is 17.4. The van der Waals surface area contributed by atoms with Crippen LogP contribution in [0.1, 0.15) is 34.8 Å². The molecule has 0 spiro atoms. The lowest BCUT2D eigenvalue weighted by Crippen LogP contribution is -2.17. The van der Waals surface area contributed by atoms with Crippen molar-refractivity contribution >= 4 is 5.78 Å². The number of rotatable bonds is 3. The number of hydrogen-bond acceptors (Lipinski definition) is 4. The van der Waals surface area contributed by atoms with Crippen LogP contribution in [-0.4, -0.2) is 22.4 Å². The summed E-state index contributed by atoms with van der Waals surface area (Å²) in [5, 5.41) is 0. The van der Waals surface area contributed by atoms with E-state index in [0.717, 1.165) is 17.7 Å². The number of fused-ring (bicyclic) bond motifs is 1. The number of benzene rings is 1. The Balaban J connectivity index is 1.80. The molecular formula is C15H14N2O2. The van der Waals surface area contributed by atoms with Gasteiger partial charge in [0.2, 0.25) is 0 Å². The summed E-state index contributed by atoms with van der Waals surface area (Å²) in [4.78, 5) is 20.2. The van der Waals surface area contributed by atoms with Crippen LogP contribution < -0.4 is 4.74 Å². The summed E-state index contributed by atoms with van der Waals surface area (Å²) in [7, 11) is 0. The zero-order valence-corrected chi connectivity index (χ0v) is 10.5. The zero-order valence-electron chi connectivity index (χ0n) is 10.5. The first kappa shape index (κ1) is 11.8. The highest BCUT2D eigenvalue weighted by molar-refractivity contribution is 5.94. The SMILES string of the molecule is O=C(CC1CCOc2ccccc21)c1cnccn1. The van der Waals surface area contributed by atoms with E-state index in [1.165, 1.54) is 6.20 Å². The molecule has 19 heavy (non-hydrogen) atoms. The lowest BCUT2D eigenvalue weighted by molar-refractivity contribution is 0.0960. The zero-order chi connectivity index (χ0) is 13.1. The van der Waals surface area contributed by atoms with Gasteiger partial charge in [0, 0.05) is 18.8 Å². The van der Waals surface area contributed by atoms with Crippen molar-refractivity contribution in [1.29, 1.82) is 0 Å². The van der Waals surface area contributed by atoms with E-state index in [4.69, 9.17) is 4.74 Å². The van der Waals surface area contributed by atoms with Crippen molar-refractivity contribution in [2.75, 3.05) is 6.61 Å². The average molecular weight is 254 g/mol. The van der Waals surface area contributed by atoms with Gasteiger partial charge in [-0.25, -0.2) is 4.98 Å². The van der Waals surface area contributed by atoms with E-state index < -0.39 is 0 Å². The minimum absolute atomic E-state index is 0.0369. The molecule has 0 aliphatic carbocycles. The van der Waals surface area contributed by atoms with Gasteiger partial charge in [0.1, 0.15) is 11.4 Å². The van der Waals surface area contributed by atoms with Gasteiger partial charge in [-0.15, -0.1) is 0 Å². The Morgan fingerprint density at radius 2 is 2.21 bits per heavy atom. The van der Waals surface area contributed by atoms with Gasteiger partial charge < -0.3 is 4.74 Å². The Hall–Kier alpha value is -2.23. The molecule has 0 saturated carbocycles. The van der Waals surface area contributed by atoms with Crippen molar-refractivity contribution in [1.82, 2.24) is 9.97 Å². The Bertz CT molecular complexity index is 584. The van der Waals surface area contributed by atoms with Gasteiger partial charge in [-0.1, -0.05) is 18.2 Å². The van der Waals surface area contributed by atoms with E-state index in [-0.39, 0.29) is 11.7 Å². The maximum absolute atomic E-state index is 12.2. The first-order valence-corrected chi connectivity index (χ1v) is 6.35. The summed E-state index contributed by atoms with van der Waals surface area (Å²) in [5.74, 6) is 1.14. The second-order valence-electron chi connectivity index (χ2n) is 4.59. The fraction of sp³-hybridized carbons (Fsp3) is 0.267. The van der Waals surface area contributed by atoms with Gasteiger partial charge in [0.05, 0.1) is 12.8 Å². The van der Waals surface area contributed by atoms with E-state index in [2.05, 4.69) is 9.97 Å². The van der Waals surface area contributed by atoms with Gasteiger partial charge in [-0.2, -0.15) is 0 Å². The molecule has 0 radical (unpaired) electrons. The average Bonchev–Trinajstić information content (AvgIpc) is 2.48. The molecule has 1 aliphatic heterocycles. The number of hydrogen-bond donors (Lipinski definition) is 0. The molecule has 4 nitrogen and oxygen atoms in total. The number of nitrogens with zero attached hydrogens (tertiary/aromatic N) is 2. The van der Waals surface area contributed by atoms with Crippen molar-refractivity contribution in [2.45, 2.75) is 18.8 Å². The van der Waals surface area contributed by atoms with Gasteiger partial charge in [-0.3, -0.25) is 9.78 Å². The number of para-hydroxylation sites is 1. The minimum atomic E-state index is 0.0369. The number of Topliss-reactive ketones (excluding diaryl/α,β-unsaturated/α-hetero) is 1. The van der Waals surface area contributed by atoms with Gasteiger partial charge >= 0.3 is 0 Å². The molecule has 96 valence electrons. The van der Waals surface area contributed by atoms with Crippen LogP contribution in [0, 0.1) is 0 Å². The van der Waals surface area contributed by atoms with Crippen molar-refractivity contribution in [3.63, 3.8) is 0 Å². The Morgan fingerprint density at radius 1 is 1.32 bits per heavy atom. The molecule has 1 aromatic carbocycles. The molecule has 0 saturated heterocycles. The van der Waals surface area contributed by atoms with Crippen molar-refractivity contribution < 1.29 is 9.53 Å². The number of ether oxygens (including phenoxy) is 1. The molecule has 0 bridgehead atoms. The molecule has 1 unspecified atom stereocenters. The lowest BCUT2D eigenvalue weighted by Gasteiger charge is -2.25. The lowest BCUT2D eigenvalue weighted by atomic mass is 9.88. The van der Waals surface area contributed by atoms with Gasteiger partial charge in [0.25, 0.3) is 0 Å². The van der Waals surface area contributed by atoms with Gasteiger partial charge in [0.15, 0.2) is 5.78 Å². The molecule has 1 aliphatic rings. The smallest absolute Gasteiger partial charge is 0.183 e. The summed E-state index contributed by atoms with van der Waals surface area (Å²) in [6.45, 7) is 0.662. The van der Waals surface area contributed by atoms with Crippen LogP contribution in [-0.2, 0) is 0 Å². The van der Waals surface area contributed by atoms with Crippen LogP contribution in [0.2, 0.25) is 0 Å². The third-order valence-electron chi connectivity index (χ3n) is 3.36. The van der Waals surface area contributed by atoms with E-state index in [1.807, 2.05) is 24.3 Å². The van der Waals surface area contributed by atoms with Crippen LogP contribution >= 0.6 is 0 Å². The van der Waals surface area contributed by atoms with Crippen molar-refractivity contribution in [2.24, 2.45) is 0 Å². The number of carbonyl (C=O) groups is 1. The molecule has 1 aromatic heterocycles. The predicted molar refractivity (Wildman–Crippen MR) is 70.3 cm³/mol. The van der Waals surface area contributed by atoms with Crippen molar-refractivity contribution in [3.8, 4) is 5.75 Å². The summed E-state index contributed by atoms with van der Waals surface area (Å²) in [6.07, 6.45) is 5.96. The molecule has 1 atom stereocenters. The van der Waals surface area contributed by atoms with Crippen LogP contribution in [0.3, 0.4) is 0 Å². The largest absolute Gasteiger partial charge is 0.493 e. The van der Waals surface area contributed by atoms with Gasteiger partial charge in [-0.05, 0) is 24.0 Å². The highest BCUT2D eigenvalue weighted by Crippen LogP contribution is 2.35. The highest BCUT2D eigenvalue weighted by atomic mass is 16.5. The number of ketones is 1. The fourth-order valence-corrected chi connectivity index (χ4v) is 2.40. The first-order chi connectivity index (χ1) is 9.34. The molecule has 2 heterocycles. The Morgan fingerprint density at radius 3 is 3.05 bits per heavy atom. The van der Waals surface area contributed by atoms with Crippen molar-refractivity contribution in [3.05, 3.63) is 54.1 Å². The predicted octanol–water partition coefficient (Wildman–Crippen LogP) is 2.62. The maximum atomic E-state index is 12.2. The second kappa shape index (κ2) is 5.18. The topological polar surface area (TPSA) is 52.1 Å². The molecule has 4 heteroatoms. The van der Waals surface area contributed by atoms with E-state index in [0.29, 0.717) is 18.7 Å². The molecule has 0 fully saturated rings. The second-order valence-corrected chi connectivity index (χ2v) is 4.59. The fourth-order valence-electron chi connectivity index (χ4n) is 2.40. The van der Waals surface area contributed by atoms with Crippen LogP contribution in [0.4, 0.5) is 0 Å². The molecule has 0 N–H and O–H groups in total. The summed E-state index contributed by atoms with van der Waals surface area (Å²) in [5.41, 5.74) is 1.55. The summed E-state index contributed by atoms with van der Waals surface area (Å²) < 4.78 is 5.60. The highest BCUT2D eigenvalue weighted by Gasteiger charge is 2.24.